The third kappa shape index (κ3) is 6.74. The molecule has 0 spiro atoms. The van der Waals surface area contributed by atoms with Gasteiger partial charge in [0.2, 0.25) is 0 Å². The summed E-state index contributed by atoms with van der Waals surface area (Å²) in [5, 5.41) is 4.38. The van der Waals surface area contributed by atoms with Gasteiger partial charge in [0.25, 0.3) is 0 Å². The van der Waals surface area contributed by atoms with E-state index in [0.29, 0.717) is 0 Å². The maximum absolute atomic E-state index is 6.41. The smallest absolute Gasteiger partial charge is 0.112 e. The summed E-state index contributed by atoms with van der Waals surface area (Å²) in [7, 11) is -1.80. The molecule has 1 aliphatic rings. The van der Waals surface area contributed by atoms with Gasteiger partial charge in [0.1, 0.15) is 23.2 Å². The monoisotopic (exact) mass is 759 g/mol. The molecule has 0 bridgehead atoms. The van der Waals surface area contributed by atoms with E-state index >= 15 is 0 Å². The third-order valence-corrected chi connectivity index (χ3v) is 14.2. The van der Waals surface area contributed by atoms with Crippen LogP contribution in [-0.2, 0) is 0 Å². The molecular formula is C43H43IN3P. The Morgan fingerprint density at radius 1 is 0.500 bits per heavy atom. The van der Waals surface area contributed by atoms with Crippen molar-refractivity contribution in [1.82, 2.24) is 0 Å². The standard InChI is InChI=1S/C43H43N3P.HI/c44-34-25-27-39-40-28-26-35(45)32-42(40)46(43(41(39)31-34)33-17-7-3-8-18-33)29-15-1-2-16-30-47(36-19-9-4-10-20-36,37-21-11-5-12-22-37)38-23-13-6-14-24-38;/h3-14,17-28,31-32,43H,1-2,15-16,29-30,44-45H2;1H/q+1;/p-1. The zero-order chi connectivity index (χ0) is 32.1. The fraction of sp³-hybridized carbons (Fsp3) is 0.163. The van der Waals surface area contributed by atoms with Crippen molar-refractivity contribution in [2.45, 2.75) is 31.7 Å². The van der Waals surface area contributed by atoms with E-state index in [1.807, 2.05) is 12.1 Å². The van der Waals surface area contributed by atoms with Crippen molar-refractivity contribution in [1.29, 1.82) is 0 Å². The highest BCUT2D eigenvalue weighted by Gasteiger charge is 2.44. The van der Waals surface area contributed by atoms with Gasteiger partial charge in [-0.15, -0.1) is 0 Å². The molecule has 7 rings (SSSR count). The number of halogens is 1. The normalized spacial score (nSPS) is 13.7. The molecule has 1 heterocycles. The summed E-state index contributed by atoms with van der Waals surface area (Å²) in [6, 6.07) is 57.3. The van der Waals surface area contributed by atoms with Crippen LogP contribution in [0.1, 0.15) is 42.9 Å². The summed E-state index contributed by atoms with van der Waals surface area (Å²) in [5.74, 6) is 0. The predicted octanol–water partition coefficient (Wildman–Crippen LogP) is 5.99. The minimum Gasteiger partial charge on any atom is -1.00 e. The first kappa shape index (κ1) is 33.8. The quantitative estimate of drug-likeness (QED) is 0.0740. The van der Waals surface area contributed by atoms with Crippen molar-refractivity contribution in [3.8, 4) is 11.1 Å². The lowest BCUT2D eigenvalue weighted by Crippen LogP contribution is -3.00. The molecule has 5 heteroatoms. The van der Waals surface area contributed by atoms with Crippen LogP contribution >= 0.6 is 7.26 Å². The number of nitrogens with zero attached hydrogens (tertiary/aromatic N) is 1. The Bertz CT molecular complexity index is 1820. The van der Waals surface area contributed by atoms with Crippen molar-refractivity contribution < 1.29 is 24.0 Å². The number of anilines is 3. The summed E-state index contributed by atoms with van der Waals surface area (Å²) < 4.78 is 0. The highest BCUT2D eigenvalue weighted by atomic mass is 127. The SMILES string of the molecule is Nc1ccc2c(c1)C(c1ccccc1)N(CCCCCC[P+](c1ccccc1)(c1ccccc1)c1ccccc1)c1cc(N)ccc1-2.[I-]. The van der Waals surface area contributed by atoms with Crippen LogP contribution < -0.4 is 56.3 Å². The number of hydrogen-bond acceptors (Lipinski definition) is 3. The molecule has 0 saturated carbocycles. The first-order chi connectivity index (χ1) is 23.1. The summed E-state index contributed by atoms with van der Waals surface area (Å²) >= 11 is 0. The van der Waals surface area contributed by atoms with Gasteiger partial charge in [-0.25, -0.2) is 0 Å². The molecule has 6 aromatic rings. The van der Waals surface area contributed by atoms with Crippen LogP contribution in [-0.4, -0.2) is 12.7 Å². The fourth-order valence-electron chi connectivity index (χ4n) is 7.48. The highest BCUT2D eigenvalue weighted by Crippen LogP contribution is 2.56. The van der Waals surface area contributed by atoms with E-state index in [9.17, 15) is 0 Å². The zero-order valence-corrected chi connectivity index (χ0v) is 30.3. The number of unbranched alkanes of at least 4 members (excludes halogenated alkanes) is 3. The number of rotatable bonds is 11. The Morgan fingerprint density at radius 2 is 0.979 bits per heavy atom. The maximum Gasteiger partial charge on any atom is 0.112 e. The van der Waals surface area contributed by atoms with E-state index in [4.69, 9.17) is 11.5 Å². The van der Waals surface area contributed by atoms with Gasteiger partial charge >= 0.3 is 0 Å². The van der Waals surface area contributed by atoms with Gasteiger partial charge < -0.3 is 40.3 Å². The van der Waals surface area contributed by atoms with Crippen molar-refractivity contribution in [2.75, 3.05) is 29.1 Å². The lowest BCUT2D eigenvalue weighted by Gasteiger charge is -2.41. The summed E-state index contributed by atoms with van der Waals surface area (Å²) in [4.78, 5) is 2.57. The summed E-state index contributed by atoms with van der Waals surface area (Å²) in [6.07, 6.45) is 5.79. The van der Waals surface area contributed by atoms with E-state index in [1.54, 1.807) is 0 Å². The summed E-state index contributed by atoms with van der Waals surface area (Å²) in [6.45, 7) is 0.945. The van der Waals surface area contributed by atoms with Crippen LogP contribution in [0.25, 0.3) is 11.1 Å². The van der Waals surface area contributed by atoms with Crippen LogP contribution in [0.5, 0.6) is 0 Å². The second-order valence-electron chi connectivity index (χ2n) is 12.6. The first-order valence-electron chi connectivity index (χ1n) is 16.8. The molecule has 1 unspecified atom stereocenters. The predicted molar refractivity (Wildman–Crippen MR) is 205 cm³/mol. The van der Waals surface area contributed by atoms with E-state index in [-0.39, 0.29) is 30.0 Å². The summed E-state index contributed by atoms with van der Waals surface area (Å²) in [5.41, 5.74) is 20.6. The van der Waals surface area contributed by atoms with Gasteiger partial charge in [0.15, 0.2) is 0 Å². The minimum atomic E-state index is -1.80. The molecule has 1 atom stereocenters. The van der Waals surface area contributed by atoms with E-state index in [2.05, 4.69) is 150 Å². The number of hydrogen-bond donors (Lipinski definition) is 2. The lowest BCUT2D eigenvalue weighted by atomic mass is 9.84. The second kappa shape index (κ2) is 15.4. The Balaban J connectivity index is 0.00000401. The van der Waals surface area contributed by atoms with Gasteiger partial charge in [-0.3, -0.25) is 0 Å². The van der Waals surface area contributed by atoms with E-state index < -0.39 is 7.26 Å². The van der Waals surface area contributed by atoms with Crippen LogP contribution in [0, 0.1) is 0 Å². The Morgan fingerprint density at radius 3 is 1.54 bits per heavy atom. The molecule has 3 nitrogen and oxygen atoms in total. The lowest BCUT2D eigenvalue weighted by molar-refractivity contribution is -0.00000912. The molecule has 0 fully saturated rings. The Hall–Kier alpha value is -4.12. The number of nitrogen functional groups attached to an aromatic ring is 2. The zero-order valence-electron chi connectivity index (χ0n) is 27.3. The molecule has 242 valence electrons. The van der Waals surface area contributed by atoms with Crippen molar-refractivity contribution in [3.05, 3.63) is 169 Å². The number of benzene rings is 6. The number of nitrogens with two attached hydrogens (primary N) is 2. The van der Waals surface area contributed by atoms with Crippen LogP contribution in [0.15, 0.2) is 158 Å². The molecule has 6 aromatic carbocycles. The van der Waals surface area contributed by atoms with Gasteiger partial charge in [0.05, 0.1) is 12.2 Å². The van der Waals surface area contributed by atoms with E-state index in [0.717, 1.165) is 36.9 Å². The molecular weight excluding hydrogens is 716 g/mol. The average Bonchev–Trinajstić information content (AvgIpc) is 3.12. The molecule has 0 aromatic heterocycles. The molecule has 48 heavy (non-hydrogen) atoms. The largest absolute Gasteiger partial charge is 1.00 e. The van der Waals surface area contributed by atoms with Gasteiger partial charge in [-0.2, -0.15) is 0 Å². The Labute approximate surface area is 303 Å². The number of fused-ring (bicyclic) bond motifs is 3. The van der Waals surface area contributed by atoms with Crippen LogP contribution in [0.2, 0.25) is 0 Å². The van der Waals surface area contributed by atoms with Gasteiger partial charge in [-0.1, -0.05) is 103 Å². The minimum absolute atomic E-state index is 0. The van der Waals surface area contributed by atoms with Crippen LogP contribution in [0.4, 0.5) is 17.1 Å². The first-order valence-corrected chi connectivity index (χ1v) is 18.8. The topological polar surface area (TPSA) is 55.3 Å². The Kier molecular flexibility index (Phi) is 10.8. The van der Waals surface area contributed by atoms with Crippen LogP contribution in [0.3, 0.4) is 0 Å². The van der Waals surface area contributed by atoms with E-state index in [1.165, 1.54) is 56.7 Å². The van der Waals surface area contributed by atoms with Crippen molar-refractivity contribution in [3.63, 3.8) is 0 Å². The molecule has 0 saturated heterocycles. The van der Waals surface area contributed by atoms with Gasteiger partial charge in [0, 0.05) is 29.2 Å². The average molecular weight is 760 g/mol. The van der Waals surface area contributed by atoms with Gasteiger partial charge in [-0.05, 0) is 96.6 Å². The highest BCUT2D eigenvalue weighted by molar-refractivity contribution is 7.95. The molecule has 0 radical (unpaired) electrons. The fourth-order valence-corrected chi connectivity index (χ4v) is 11.9. The second-order valence-corrected chi connectivity index (χ2v) is 16.2. The molecule has 0 aliphatic carbocycles. The maximum atomic E-state index is 6.41. The third-order valence-electron chi connectivity index (χ3n) is 9.65. The van der Waals surface area contributed by atoms with Crippen molar-refractivity contribution in [2.24, 2.45) is 0 Å². The molecule has 0 amide bonds. The van der Waals surface area contributed by atoms with Crippen molar-refractivity contribution >= 4 is 40.2 Å². The molecule has 4 N–H and O–H groups in total. The molecule has 1 aliphatic heterocycles.